The summed E-state index contributed by atoms with van der Waals surface area (Å²) in [5.74, 6) is 0.499. The molecule has 0 fully saturated rings. The van der Waals surface area contributed by atoms with Gasteiger partial charge in [0.05, 0.1) is 0 Å². The lowest BCUT2D eigenvalue weighted by molar-refractivity contribution is -0.118. The predicted octanol–water partition coefficient (Wildman–Crippen LogP) is 0.0984. The SMILES string of the molecule is CC(=O)NCCSc1ccc(S(N)(=O)=O)c2nonc12. The largest absolute Gasteiger partial charge is 0.356 e. The minimum absolute atomic E-state index is 0.108. The van der Waals surface area contributed by atoms with Crippen molar-refractivity contribution in [3.05, 3.63) is 12.1 Å². The maximum atomic E-state index is 11.4. The molecule has 1 heterocycles. The van der Waals surface area contributed by atoms with Crippen LogP contribution in [0.25, 0.3) is 11.0 Å². The van der Waals surface area contributed by atoms with E-state index in [2.05, 4.69) is 20.3 Å². The van der Waals surface area contributed by atoms with Crippen molar-refractivity contribution in [1.82, 2.24) is 15.6 Å². The first-order valence-corrected chi connectivity index (χ1v) is 8.08. The Morgan fingerprint density at radius 1 is 1.40 bits per heavy atom. The van der Waals surface area contributed by atoms with Gasteiger partial charge < -0.3 is 5.32 Å². The Balaban J connectivity index is 2.24. The third kappa shape index (κ3) is 3.26. The number of amides is 1. The third-order valence-electron chi connectivity index (χ3n) is 2.38. The van der Waals surface area contributed by atoms with Crippen molar-refractivity contribution in [2.75, 3.05) is 12.3 Å². The molecular weight excluding hydrogens is 304 g/mol. The molecule has 8 nitrogen and oxygen atoms in total. The molecule has 0 radical (unpaired) electrons. The van der Waals surface area contributed by atoms with Gasteiger partial charge in [-0.3, -0.25) is 4.79 Å². The van der Waals surface area contributed by atoms with Crippen molar-refractivity contribution >= 4 is 38.7 Å². The number of fused-ring (bicyclic) bond motifs is 1. The fraction of sp³-hybridized carbons (Fsp3) is 0.300. The van der Waals surface area contributed by atoms with E-state index in [1.165, 1.54) is 24.8 Å². The molecule has 10 heteroatoms. The molecule has 0 bridgehead atoms. The van der Waals surface area contributed by atoms with Crippen LogP contribution in [0.3, 0.4) is 0 Å². The van der Waals surface area contributed by atoms with Crippen LogP contribution >= 0.6 is 11.8 Å². The van der Waals surface area contributed by atoms with Crippen LogP contribution in [0, 0.1) is 0 Å². The van der Waals surface area contributed by atoms with Gasteiger partial charge in [-0.2, -0.15) is 0 Å². The number of nitrogens with zero attached hydrogens (tertiary/aromatic N) is 2. The van der Waals surface area contributed by atoms with E-state index in [1.807, 2.05) is 0 Å². The first-order valence-electron chi connectivity index (χ1n) is 5.55. The Morgan fingerprint density at radius 3 is 2.75 bits per heavy atom. The van der Waals surface area contributed by atoms with Gasteiger partial charge in [-0.05, 0) is 22.4 Å². The van der Waals surface area contributed by atoms with Crippen molar-refractivity contribution < 1.29 is 17.8 Å². The van der Waals surface area contributed by atoms with Gasteiger partial charge in [0, 0.05) is 24.1 Å². The zero-order valence-corrected chi connectivity index (χ0v) is 12.1. The number of rotatable bonds is 5. The Kier molecular flexibility index (Phi) is 4.26. The molecule has 2 aromatic rings. The number of nitrogens with two attached hydrogens (primary N) is 1. The molecule has 0 saturated carbocycles. The summed E-state index contributed by atoms with van der Waals surface area (Å²) in [6.45, 7) is 1.93. The third-order valence-corrected chi connectivity index (χ3v) is 4.37. The molecule has 0 aliphatic heterocycles. The van der Waals surface area contributed by atoms with Crippen LogP contribution in [0.1, 0.15) is 6.92 Å². The number of primary sulfonamides is 1. The van der Waals surface area contributed by atoms with Crippen LogP contribution in [0.5, 0.6) is 0 Å². The lowest BCUT2D eigenvalue weighted by atomic mass is 10.3. The van der Waals surface area contributed by atoms with Gasteiger partial charge in [-0.1, -0.05) is 0 Å². The molecule has 1 amide bonds. The summed E-state index contributed by atoms with van der Waals surface area (Å²) in [5.41, 5.74) is 0.446. The highest BCUT2D eigenvalue weighted by Gasteiger charge is 2.19. The smallest absolute Gasteiger partial charge is 0.240 e. The van der Waals surface area contributed by atoms with E-state index in [0.29, 0.717) is 22.7 Å². The number of thioether (sulfide) groups is 1. The minimum atomic E-state index is -3.88. The van der Waals surface area contributed by atoms with Gasteiger partial charge >= 0.3 is 0 Å². The van der Waals surface area contributed by atoms with Gasteiger partial charge in [-0.25, -0.2) is 18.2 Å². The standard InChI is InChI=1S/C10H12N4O4S2/c1-6(15)12-4-5-19-7-2-3-8(20(11,16)17)10-9(7)13-18-14-10/h2-3H,4-5H2,1H3,(H,12,15)(H2,11,16,17). The first kappa shape index (κ1) is 14.8. The van der Waals surface area contributed by atoms with Gasteiger partial charge in [0.25, 0.3) is 0 Å². The Labute approximate surface area is 119 Å². The van der Waals surface area contributed by atoms with Crippen LogP contribution in [0.15, 0.2) is 26.6 Å². The number of carbonyl (C=O) groups excluding carboxylic acids is 1. The highest BCUT2D eigenvalue weighted by Crippen LogP contribution is 2.29. The zero-order chi connectivity index (χ0) is 14.8. The molecule has 2 rings (SSSR count). The van der Waals surface area contributed by atoms with Crippen molar-refractivity contribution in [2.24, 2.45) is 5.14 Å². The van der Waals surface area contributed by atoms with Gasteiger partial charge in [-0.15, -0.1) is 11.8 Å². The zero-order valence-electron chi connectivity index (χ0n) is 10.5. The molecule has 0 aliphatic carbocycles. The first-order chi connectivity index (χ1) is 9.39. The van der Waals surface area contributed by atoms with E-state index in [4.69, 9.17) is 5.14 Å². The predicted molar refractivity (Wildman–Crippen MR) is 72.6 cm³/mol. The van der Waals surface area contributed by atoms with E-state index in [1.54, 1.807) is 6.07 Å². The molecular formula is C10H12N4O4S2. The molecule has 0 unspecified atom stereocenters. The lowest BCUT2D eigenvalue weighted by Gasteiger charge is -2.04. The number of sulfonamides is 1. The quantitative estimate of drug-likeness (QED) is 0.591. The molecule has 0 saturated heterocycles. The summed E-state index contributed by atoms with van der Waals surface area (Å²) in [4.78, 5) is 11.3. The van der Waals surface area contributed by atoms with Crippen LogP contribution in [0.4, 0.5) is 0 Å². The van der Waals surface area contributed by atoms with Crippen molar-refractivity contribution in [3.8, 4) is 0 Å². The topological polar surface area (TPSA) is 128 Å². The van der Waals surface area contributed by atoms with Crippen LogP contribution in [-0.4, -0.2) is 36.9 Å². The molecule has 108 valence electrons. The molecule has 20 heavy (non-hydrogen) atoms. The average Bonchev–Trinajstić information content (AvgIpc) is 2.81. The van der Waals surface area contributed by atoms with E-state index in [9.17, 15) is 13.2 Å². The Bertz CT molecular complexity index is 741. The molecule has 0 spiro atoms. The summed E-state index contributed by atoms with van der Waals surface area (Å²) in [5, 5.41) is 15.0. The fourth-order valence-electron chi connectivity index (χ4n) is 1.56. The Morgan fingerprint density at radius 2 is 2.10 bits per heavy atom. The number of aromatic nitrogens is 2. The number of nitrogens with one attached hydrogen (secondary N) is 1. The number of benzene rings is 1. The minimum Gasteiger partial charge on any atom is -0.356 e. The van der Waals surface area contributed by atoms with Crippen molar-refractivity contribution in [3.63, 3.8) is 0 Å². The molecule has 1 aromatic heterocycles. The maximum Gasteiger partial charge on any atom is 0.240 e. The molecule has 0 atom stereocenters. The highest BCUT2D eigenvalue weighted by molar-refractivity contribution is 7.99. The lowest BCUT2D eigenvalue weighted by Crippen LogP contribution is -2.22. The summed E-state index contributed by atoms with van der Waals surface area (Å²) in [6, 6.07) is 2.95. The van der Waals surface area contributed by atoms with Crippen LogP contribution in [0.2, 0.25) is 0 Å². The van der Waals surface area contributed by atoms with Crippen LogP contribution < -0.4 is 10.5 Å². The summed E-state index contributed by atoms with van der Waals surface area (Å²) in [7, 11) is -3.88. The maximum absolute atomic E-state index is 11.4. The summed E-state index contributed by atoms with van der Waals surface area (Å²) in [6.07, 6.45) is 0. The molecule has 0 aliphatic rings. The number of carbonyl (C=O) groups is 1. The van der Waals surface area contributed by atoms with Gasteiger partial charge in [0.2, 0.25) is 15.9 Å². The van der Waals surface area contributed by atoms with E-state index in [0.717, 1.165) is 0 Å². The summed E-state index contributed by atoms with van der Waals surface area (Å²) < 4.78 is 27.4. The average molecular weight is 316 g/mol. The normalized spacial score (nSPS) is 11.7. The van der Waals surface area contributed by atoms with Crippen molar-refractivity contribution in [2.45, 2.75) is 16.7 Å². The van der Waals surface area contributed by atoms with E-state index < -0.39 is 10.0 Å². The molecule has 3 N–H and O–H groups in total. The monoisotopic (exact) mass is 316 g/mol. The highest BCUT2D eigenvalue weighted by atomic mass is 32.2. The number of hydrogen-bond acceptors (Lipinski definition) is 7. The fourth-order valence-corrected chi connectivity index (χ4v) is 3.08. The van der Waals surface area contributed by atoms with E-state index in [-0.39, 0.29) is 16.3 Å². The second kappa shape index (κ2) is 5.77. The molecule has 1 aromatic carbocycles. The summed E-state index contributed by atoms with van der Waals surface area (Å²) >= 11 is 1.40. The van der Waals surface area contributed by atoms with Crippen molar-refractivity contribution in [1.29, 1.82) is 0 Å². The second-order valence-corrected chi connectivity index (χ2v) is 6.57. The van der Waals surface area contributed by atoms with Gasteiger partial charge in [0.1, 0.15) is 10.4 Å². The second-order valence-electron chi connectivity index (χ2n) is 3.90. The van der Waals surface area contributed by atoms with E-state index >= 15 is 0 Å². The van der Waals surface area contributed by atoms with Crippen LogP contribution in [-0.2, 0) is 14.8 Å². The number of hydrogen-bond donors (Lipinski definition) is 2. The van der Waals surface area contributed by atoms with Gasteiger partial charge in [0.15, 0.2) is 5.52 Å². The Hall–Kier alpha value is -1.65.